The number of aromatic nitrogens is 2. The largest absolute Gasteiger partial charge is 0.454 e. The minimum Gasteiger partial charge on any atom is -0.454 e. The molecule has 1 aliphatic rings. The third-order valence-electron chi connectivity index (χ3n) is 2.47. The van der Waals surface area contributed by atoms with Gasteiger partial charge in [0, 0.05) is 0 Å². The lowest BCUT2D eigenvalue weighted by Crippen LogP contribution is -1.92. The van der Waals surface area contributed by atoms with E-state index in [0.29, 0.717) is 6.79 Å². The molecule has 0 spiro atoms. The van der Waals surface area contributed by atoms with Crippen LogP contribution in [0.5, 0.6) is 11.5 Å². The first-order chi connectivity index (χ1) is 8.42. The van der Waals surface area contributed by atoms with E-state index in [0.717, 1.165) is 22.6 Å². The van der Waals surface area contributed by atoms with Gasteiger partial charge in [-0.25, -0.2) is 0 Å². The van der Waals surface area contributed by atoms with E-state index < -0.39 is 0 Å². The molecule has 0 atom stereocenters. The lowest BCUT2D eigenvalue weighted by Gasteiger charge is -1.97. The molecule has 0 saturated heterocycles. The van der Waals surface area contributed by atoms with E-state index in [1.807, 2.05) is 36.4 Å². The van der Waals surface area contributed by atoms with Gasteiger partial charge in [0.2, 0.25) is 6.79 Å². The van der Waals surface area contributed by atoms with E-state index in [1.54, 1.807) is 12.4 Å². The van der Waals surface area contributed by atoms with Crippen molar-refractivity contribution in [1.82, 2.24) is 10.2 Å². The Morgan fingerprint density at radius 3 is 2.71 bits per heavy atom. The Hall–Kier alpha value is -2.36. The van der Waals surface area contributed by atoms with Crippen molar-refractivity contribution in [3.05, 3.63) is 47.8 Å². The van der Waals surface area contributed by atoms with Crippen LogP contribution in [-0.4, -0.2) is 17.0 Å². The van der Waals surface area contributed by atoms with Gasteiger partial charge in [0.15, 0.2) is 11.5 Å². The third kappa shape index (κ3) is 2.10. The van der Waals surface area contributed by atoms with Gasteiger partial charge < -0.3 is 9.47 Å². The maximum atomic E-state index is 5.31. The van der Waals surface area contributed by atoms with Crippen molar-refractivity contribution < 1.29 is 9.47 Å². The normalized spacial score (nSPS) is 13.2. The zero-order valence-corrected chi connectivity index (χ0v) is 9.04. The molecule has 0 radical (unpaired) electrons. The third-order valence-corrected chi connectivity index (χ3v) is 2.47. The Labute approximate surface area is 98.5 Å². The highest BCUT2D eigenvalue weighted by Gasteiger charge is 2.11. The summed E-state index contributed by atoms with van der Waals surface area (Å²) in [6, 6.07) is 7.75. The second-order valence-corrected chi connectivity index (χ2v) is 3.62. The summed E-state index contributed by atoms with van der Waals surface area (Å²) in [6.07, 6.45) is 7.36. The molecule has 4 heteroatoms. The second kappa shape index (κ2) is 4.25. The number of benzene rings is 1. The number of hydrogen-bond acceptors (Lipinski definition) is 4. The van der Waals surface area contributed by atoms with Crippen molar-refractivity contribution >= 4 is 12.2 Å². The highest BCUT2D eigenvalue weighted by atomic mass is 16.7. The number of nitrogens with zero attached hydrogens (tertiary/aromatic N) is 2. The summed E-state index contributed by atoms with van der Waals surface area (Å²) in [4.78, 5) is 0. The molecule has 0 fully saturated rings. The Morgan fingerprint density at radius 2 is 1.82 bits per heavy atom. The number of hydrogen-bond donors (Lipinski definition) is 0. The zero-order valence-electron chi connectivity index (χ0n) is 9.04. The van der Waals surface area contributed by atoms with Gasteiger partial charge in [0.05, 0.1) is 12.4 Å². The fourth-order valence-electron chi connectivity index (χ4n) is 1.61. The fourth-order valence-corrected chi connectivity index (χ4v) is 1.61. The molecule has 1 aromatic carbocycles. The van der Waals surface area contributed by atoms with E-state index in [9.17, 15) is 0 Å². The molecular formula is C13H10N2O2. The average Bonchev–Trinajstić information content (AvgIpc) is 2.85. The van der Waals surface area contributed by atoms with Crippen LogP contribution in [0.1, 0.15) is 11.1 Å². The minimum absolute atomic E-state index is 0.302. The molecule has 84 valence electrons. The van der Waals surface area contributed by atoms with Crippen molar-refractivity contribution in [3.8, 4) is 11.5 Å². The van der Waals surface area contributed by atoms with Crippen LogP contribution < -0.4 is 9.47 Å². The maximum absolute atomic E-state index is 5.31. The van der Waals surface area contributed by atoms with Gasteiger partial charge in [-0.1, -0.05) is 18.2 Å². The highest BCUT2D eigenvalue weighted by Crippen LogP contribution is 2.32. The summed E-state index contributed by atoms with van der Waals surface area (Å²) in [5.41, 5.74) is 2.07. The van der Waals surface area contributed by atoms with Crippen molar-refractivity contribution in [1.29, 1.82) is 0 Å². The Kier molecular flexibility index (Phi) is 2.46. The number of fused-ring (bicyclic) bond motifs is 1. The molecule has 0 unspecified atom stereocenters. The summed E-state index contributed by atoms with van der Waals surface area (Å²) in [6.45, 7) is 0.302. The molecule has 2 heterocycles. The summed E-state index contributed by atoms with van der Waals surface area (Å²) >= 11 is 0. The van der Waals surface area contributed by atoms with Gasteiger partial charge in [-0.05, 0) is 29.3 Å². The van der Waals surface area contributed by atoms with Crippen LogP contribution in [0, 0.1) is 0 Å². The van der Waals surface area contributed by atoms with E-state index in [-0.39, 0.29) is 0 Å². The van der Waals surface area contributed by atoms with Gasteiger partial charge >= 0.3 is 0 Å². The van der Waals surface area contributed by atoms with Crippen LogP contribution in [0.3, 0.4) is 0 Å². The van der Waals surface area contributed by atoms with Crippen molar-refractivity contribution in [2.75, 3.05) is 6.79 Å². The van der Waals surface area contributed by atoms with Crippen LogP contribution in [0.25, 0.3) is 12.2 Å². The Bertz CT molecular complexity index is 553. The van der Waals surface area contributed by atoms with Crippen LogP contribution in [0.15, 0.2) is 36.7 Å². The molecule has 0 aliphatic carbocycles. The first-order valence-corrected chi connectivity index (χ1v) is 5.26. The first kappa shape index (κ1) is 9.84. The van der Waals surface area contributed by atoms with E-state index in [1.165, 1.54) is 0 Å². The lowest BCUT2D eigenvalue weighted by molar-refractivity contribution is 0.174. The zero-order chi connectivity index (χ0) is 11.5. The standard InChI is InChI=1S/C13H10N2O2/c1(2-11-5-6-14-15-8-11)10-3-4-12-13(7-10)17-9-16-12/h1-8H,9H2. The highest BCUT2D eigenvalue weighted by molar-refractivity contribution is 5.70. The predicted molar refractivity (Wildman–Crippen MR) is 63.5 cm³/mol. The summed E-state index contributed by atoms with van der Waals surface area (Å²) in [5.74, 6) is 1.59. The van der Waals surface area contributed by atoms with Crippen molar-refractivity contribution in [3.63, 3.8) is 0 Å². The molecule has 17 heavy (non-hydrogen) atoms. The Balaban J connectivity index is 1.84. The van der Waals surface area contributed by atoms with Crippen LogP contribution in [0.2, 0.25) is 0 Å². The minimum atomic E-state index is 0.302. The molecule has 4 nitrogen and oxygen atoms in total. The van der Waals surface area contributed by atoms with Crippen LogP contribution in [0.4, 0.5) is 0 Å². The SMILES string of the molecule is C(=Cc1ccc2c(c1)OCO2)c1ccnnc1. The van der Waals surface area contributed by atoms with Gasteiger partial charge in [-0.15, -0.1) is 0 Å². The Morgan fingerprint density at radius 1 is 0.941 bits per heavy atom. The molecule has 3 rings (SSSR count). The van der Waals surface area contributed by atoms with E-state index in [4.69, 9.17) is 9.47 Å². The summed E-state index contributed by atoms with van der Waals surface area (Å²) < 4.78 is 10.6. The fraction of sp³-hybridized carbons (Fsp3) is 0.0769. The number of rotatable bonds is 2. The monoisotopic (exact) mass is 226 g/mol. The molecule has 2 aromatic rings. The van der Waals surface area contributed by atoms with Gasteiger partial charge in [0.1, 0.15) is 0 Å². The predicted octanol–water partition coefficient (Wildman–Crippen LogP) is 2.38. The number of ether oxygens (including phenoxy) is 2. The molecule has 0 saturated carbocycles. The first-order valence-electron chi connectivity index (χ1n) is 5.26. The van der Waals surface area contributed by atoms with Crippen molar-refractivity contribution in [2.45, 2.75) is 0 Å². The topological polar surface area (TPSA) is 44.2 Å². The lowest BCUT2D eigenvalue weighted by atomic mass is 10.1. The van der Waals surface area contributed by atoms with Crippen LogP contribution in [-0.2, 0) is 0 Å². The molecule has 0 bridgehead atoms. The van der Waals surface area contributed by atoms with Gasteiger partial charge in [-0.3, -0.25) is 0 Å². The quantitative estimate of drug-likeness (QED) is 0.788. The van der Waals surface area contributed by atoms with E-state index >= 15 is 0 Å². The second-order valence-electron chi connectivity index (χ2n) is 3.62. The van der Waals surface area contributed by atoms with E-state index in [2.05, 4.69) is 10.2 Å². The maximum Gasteiger partial charge on any atom is 0.231 e. The summed E-state index contributed by atoms with van der Waals surface area (Å²) in [7, 11) is 0. The smallest absolute Gasteiger partial charge is 0.231 e. The van der Waals surface area contributed by atoms with Crippen molar-refractivity contribution in [2.24, 2.45) is 0 Å². The molecule has 0 amide bonds. The van der Waals surface area contributed by atoms with Crippen LogP contribution >= 0.6 is 0 Å². The van der Waals surface area contributed by atoms with Gasteiger partial charge in [-0.2, -0.15) is 10.2 Å². The molecule has 1 aliphatic heterocycles. The molecule has 0 N–H and O–H groups in total. The summed E-state index contributed by atoms with van der Waals surface area (Å²) in [5, 5.41) is 7.54. The molecule has 1 aromatic heterocycles. The molecular weight excluding hydrogens is 216 g/mol. The van der Waals surface area contributed by atoms with Gasteiger partial charge in [0.25, 0.3) is 0 Å². The average molecular weight is 226 g/mol.